The molecule has 33 heavy (non-hydrogen) atoms. The van der Waals surface area contributed by atoms with E-state index in [0.717, 1.165) is 27.8 Å². The van der Waals surface area contributed by atoms with Crippen molar-refractivity contribution in [2.45, 2.75) is 24.8 Å². The molecule has 6 heteroatoms. The Morgan fingerprint density at radius 2 is 1.42 bits per heavy atom. The summed E-state index contributed by atoms with van der Waals surface area (Å²) in [4.78, 5) is 37.0. The zero-order chi connectivity index (χ0) is 23.2. The van der Waals surface area contributed by atoms with Crippen molar-refractivity contribution in [1.82, 2.24) is 5.32 Å². The molecule has 0 saturated carbocycles. The van der Waals surface area contributed by atoms with Gasteiger partial charge in [-0.15, -0.1) is 0 Å². The van der Waals surface area contributed by atoms with E-state index in [2.05, 4.69) is 22.2 Å². The van der Waals surface area contributed by atoms with E-state index in [1.165, 1.54) is 7.11 Å². The van der Waals surface area contributed by atoms with Crippen LogP contribution in [0, 0.1) is 0 Å². The number of fused-ring (bicyclic) bond motifs is 3. The predicted molar refractivity (Wildman–Crippen MR) is 124 cm³/mol. The molecule has 168 valence electrons. The second-order valence-electron chi connectivity index (χ2n) is 7.93. The van der Waals surface area contributed by atoms with Crippen molar-refractivity contribution in [3.63, 3.8) is 0 Å². The molecule has 0 unspecified atom stereocenters. The van der Waals surface area contributed by atoms with Gasteiger partial charge in [0.2, 0.25) is 0 Å². The minimum absolute atomic E-state index is 0.0819. The maximum Gasteiger partial charge on any atom is 0.407 e. The molecule has 0 spiro atoms. The second-order valence-corrected chi connectivity index (χ2v) is 7.93. The molecular formula is C27H25NO5. The van der Waals surface area contributed by atoms with Crippen LogP contribution >= 0.6 is 0 Å². The lowest BCUT2D eigenvalue weighted by molar-refractivity contribution is -0.143. The van der Waals surface area contributed by atoms with E-state index in [-0.39, 0.29) is 18.9 Å². The highest BCUT2D eigenvalue weighted by Crippen LogP contribution is 2.44. The van der Waals surface area contributed by atoms with Crippen molar-refractivity contribution in [3.05, 3.63) is 95.6 Å². The third-order valence-electron chi connectivity index (χ3n) is 5.85. The number of amides is 1. The highest BCUT2D eigenvalue weighted by atomic mass is 16.5. The van der Waals surface area contributed by atoms with E-state index in [1.807, 2.05) is 66.7 Å². The van der Waals surface area contributed by atoms with Crippen LogP contribution in [0.15, 0.2) is 78.9 Å². The van der Waals surface area contributed by atoms with E-state index in [9.17, 15) is 14.4 Å². The number of ether oxygens (including phenoxy) is 2. The third kappa shape index (κ3) is 5.12. The monoisotopic (exact) mass is 443 g/mol. The lowest BCUT2D eigenvalue weighted by Crippen LogP contribution is -2.43. The number of methoxy groups -OCH3 is 1. The standard InChI is InChI=1S/C27H25NO5/c1-32-26(30)16-25(29)24(15-18-9-3-2-4-10-18)28-27(31)33-17-23-21-13-7-5-11-19(21)20-12-6-8-14-22(20)23/h2-14,23-24H,15-17H2,1H3,(H,28,31)/t24-/m0/s1. The van der Waals surface area contributed by atoms with Crippen LogP contribution in [0.5, 0.6) is 0 Å². The number of benzene rings is 3. The number of Topliss-reactive ketones (excluding diaryl/α,β-unsaturated/α-hetero) is 1. The molecule has 0 fully saturated rings. The summed E-state index contributed by atoms with van der Waals surface area (Å²) >= 11 is 0. The van der Waals surface area contributed by atoms with Gasteiger partial charge in [-0.3, -0.25) is 9.59 Å². The average Bonchev–Trinajstić information content (AvgIpc) is 3.16. The minimum Gasteiger partial charge on any atom is -0.469 e. The number of ketones is 1. The molecule has 1 aliphatic carbocycles. The average molecular weight is 443 g/mol. The Bertz CT molecular complexity index is 1110. The fourth-order valence-electron chi connectivity index (χ4n) is 4.22. The van der Waals surface area contributed by atoms with Gasteiger partial charge in [0.1, 0.15) is 13.0 Å². The van der Waals surface area contributed by atoms with Crippen molar-refractivity contribution in [1.29, 1.82) is 0 Å². The summed E-state index contributed by atoms with van der Waals surface area (Å²) in [6, 6.07) is 24.5. The van der Waals surface area contributed by atoms with Crippen LogP contribution in [0.4, 0.5) is 4.79 Å². The van der Waals surface area contributed by atoms with Gasteiger partial charge >= 0.3 is 12.1 Å². The first kappa shape index (κ1) is 22.3. The lowest BCUT2D eigenvalue weighted by atomic mass is 9.98. The molecule has 3 aromatic carbocycles. The van der Waals surface area contributed by atoms with Crippen LogP contribution in [-0.2, 0) is 25.5 Å². The smallest absolute Gasteiger partial charge is 0.407 e. The molecule has 0 heterocycles. The maximum atomic E-state index is 12.7. The number of alkyl carbamates (subject to hydrolysis) is 1. The van der Waals surface area contributed by atoms with Crippen LogP contribution in [0.1, 0.15) is 29.0 Å². The molecule has 1 atom stereocenters. The molecule has 1 aliphatic rings. The van der Waals surface area contributed by atoms with Crippen LogP contribution in [-0.4, -0.2) is 37.6 Å². The Kier molecular flexibility index (Phi) is 6.83. The van der Waals surface area contributed by atoms with Crippen LogP contribution < -0.4 is 5.32 Å². The molecule has 4 rings (SSSR count). The topological polar surface area (TPSA) is 81.7 Å². The Morgan fingerprint density at radius 3 is 2.03 bits per heavy atom. The number of hydrogen-bond donors (Lipinski definition) is 1. The van der Waals surface area contributed by atoms with Crippen molar-refractivity contribution >= 4 is 17.8 Å². The van der Waals surface area contributed by atoms with Crippen molar-refractivity contribution in [3.8, 4) is 11.1 Å². The van der Waals surface area contributed by atoms with Gasteiger partial charge in [-0.25, -0.2) is 4.79 Å². The molecular weight excluding hydrogens is 418 g/mol. The molecule has 1 amide bonds. The normalized spacial score (nSPS) is 12.9. The van der Waals surface area contributed by atoms with E-state index >= 15 is 0 Å². The largest absolute Gasteiger partial charge is 0.469 e. The first-order chi connectivity index (χ1) is 16.1. The van der Waals surface area contributed by atoms with Gasteiger partial charge in [0, 0.05) is 5.92 Å². The first-order valence-electron chi connectivity index (χ1n) is 10.8. The van der Waals surface area contributed by atoms with Gasteiger partial charge in [-0.1, -0.05) is 78.9 Å². The van der Waals surface area contributed by atoms with E-state index < -0.39 is 30.3 Å². The highest BCUT2D eigenvalue weighted by molar-refractivity contribution is 5.99. The predicted octanol–water partition coefficient (Wildman–Crippen LogP) is 4.27. The number of esters is 1. The maximum absolute atomic E-state index is 12.7. The zero-order valence-electron chi connectivity index (χ0n) is 18.3. The minimum atomic E-state index is -0.901. The van der Waals surface area contributed by atoms with Gasteiger partial charge in [-0.05, 0) is 34.2 Å². The molecule has 0 radical (unpaired) electrons. The molecule has 0 bridgehead atoms. The SMILES string of the molecule is COC(=O)CC(=O)[C@H](Cc1ccccc1)NC(=O)OCC1c2ccccc2-c2ccccc21. The second kappa shape index (κ2) is 10.1. The summed E-state index contributed by atoms with van der Waals surface area (Å²) in [6.07, 6.45) is -0.866. The summed E-state index contributed by atoms with van der Waals surface area (Å²) in [6.45, 7) is 0.142. The number of carbonyl (C=O) groups is 3. The van der Waals surface area contributed by atoms with Crippen molar-refractivity contribution in [2.24, 2.45) is 0 Å². The fourth-order valence-corrected chi connectivity index (χ4v) is 4.22. The number of hydrogen-bond acceptors (Lipinski definition) is 5. The molecule has 0 aromatic heterocycles. The van der Waals surface area contributed by atoms with Gasteiger partial charge in [-0.2, -0.15) is 0 Å². The zero-order valence-corrected chi connectivity index (χ0v) is 18.3. The fraction of sp³-hybridized carbons (Fsp3) is 0.222. The van der Waals surface area contributed by atoms with Gasteiger partial charge in [0.05, 0.1) is 13.2 Å². The summed E-state index contributed by atoms with van der Waals surface area (Å²) in [7, 11) is 1.22. The quantitative estimate of drug-likeness (QED) is 0.415. The Hall–Kier alpha value is -3.93. The first-order valence-corrected chi connectivity index (χ1v) is 10.8. The Labute approximate surface area is 192 Å². The Balaban J connectivity index is 1.45. The van der Waals surface area contributed by atoms with Crippen LogP contribution in [0.2, 0.25) is 0 Å². The number of rotatable bonds is 8. The molecule has 0 saturated heterocycles. The molecule has 1 N–H and O–H groups in total. The molecule has 0 aliphatic heterocycles. The molecule has 3 aromatic rings. The van der Waals surface area contributed by atoms with E-state index in [1.54, 1.807) is 0 Å². The Morgan fingerprint density at radius 1 is 0.848 bits per heavy atom. The number of nitrogens with one attached hydrogen (secondary N) is 1. The lowest BCUT2D eigenvalue weighted by Gasteiger charge is -2.19. The summed E-state index contributed by atoms with van der Waals surface area (Å²) < 4.78 is 10.2. The molecule has 6 nitrogen and oxygen atoms in total. The van der Waals surface area contributed by atoms with Crippen LogP contribution in [0.25, 0.3) is 11.1 Å². The van der Waals surface area contributed by atoms with Crippen molar-refractivity contribution < 1.29 is 23.9 Å². The van der Waals surface area contributed by atoms with Crippen LogP contribution in [0.3, 0.4) is 0 Å². The summed E-state index contributed by atoms with van der Waals surface area (Å²) in [5, 5.41) is 2.65. The summed E-state index contributed by atoms with van der Waals surface area (Å²) in [5.74, 6) is -1.16. The highest BCUT2D eigenvalue weighted by Gasteiger charge is 2.30. The van der Waals surface area contributed by atoms with Gasteiger partial charge in [0.25, 0.3) is 0 Å². The third-order valence-corrected chi connectivity index (χ3v) is 5.85. The number of carbonyl (C=O) groups excluding carboxylic acids is 3. The van der Waals surface area contributed by atoms with Gasteiger partial charge < -0.3 is 14.8 Å². The van der Waals surface area contributed by atoms with Gasteiger partial charge in [0.15, 0.2) is 5.78 Å². The van der Waals surface area contributed by atoms with E-state index in [0.29, 0.717) is 0 Å². The van der Waals surface area contributed by atoms with E-state index in [4.69, 9.17) is 4.74 Å². The summed E-state index contributed by atoms with van der Waals surface area (Å²) in [5.41, 5.74) is 5.34. The van der Waals surface area contributed by atoms with Crippen molar-refractivity contribution in [2.75, 3.05) is 13.7 Å².